The van der Waals surface area contributed by atoms with Crippen LogP contribution in [0.3, 0.4) is 0 Å². The first kappa shape index (κ1) is 16.1. The Balaban J connectivity index is 1.89. The Morgan fingerprint density at radius 2 is 1.91 bits per heavy atom. The Labute approximate surface area is 137 Å². The molecule has 23 heavy (non-hydrogen) atoms. The summed E-state index contributed by atoms with van der Waals surface area (Å²) in [6.07, 6.45) is 6.22. The number of aliphatic hydroxyl groups is 1. The Bertz CT molecular complexity index is 709. The number of nitrogens with one attached hydrogen (secondary N) is 1. The monoisotopic (exact) mass is 314 g/mol. The molecule has 1 heterocycles. The fraction of sp³-hybridized carbons (Fsp3) is 0.526. The van der Waals surface area contributed by atoms with Crippen molar-refractivity contribution in [2.24, 2.45) is 7.05 Å². The number of nitrogens with zero attached hydrogens (tertiary/aromatic N) is 1. The van der Waals surface area contributed by atoms with Crippen molar-refractivity contribution < 1.29 is 9.90 Å². The first-order valence-corrected chi connectivity index (χ1v) is 8.54. The summed E-state index contributed by atoms with van der Waals surface area (Å²) in [5.41, 5.74) is 2.44. The molecule has 124 valence electrons. The second-order valence-electron chi connectivity index (χ2n) is 6.96. The summed E-state index contributed by atoms with van der Waals surface area (Å²) in [7, 11) is 1.93. The molecular weight excluding hydrogens is 288 g/mol. The molecule has 3 rings (SSSR count). The second-order valence-corrected chi connectivity index (χ2v) is 6.96. The topological polar surface area (TPSA) is 54.3 Å². The van der Waals surface area contributed by atoms with E-state index >= 15 is 0 Å². The molecule has 0 saturated heterocycles. The third-order valence-corrected chi connectivity index (χ3v) is 5.18. The van der Waals surface area contributed by atoms with Gasteiger partial charge in [0.05, 0.1) is 12.1 Å². The number of aliphatic hydroxyl groups excluding tert-OH is 1. The lowest BCUT2D eigenvalue weighted by molar-refractivity contribution is 0.0798. The third-order valence-electron chi connectivity index (χ3n) is 5.18. The fourth-order valence-electron chi connectivity index (χ4n) is 3.69. The molecule has 0 atom stereocenters. The molecule has 0 aliphatic heterocycles. The molecule has 1 amide bonds. The Morgan fingerprint density at radius 3 is 2.57 bits per heavy atom. The zero-order chi connectivity index (χ0) is 16.4. The summed E-state index contributed by atoms with van der Waals surface area (Å²) >= 11 is 0. The lowest BCUT2D eigenvalue weighted by Crippen LogP contribution is -2.51. The van der Waals surface area contributed by atoms with E-state index in [-0.39, 0.29) is 12.5 Å². The van der Waals surface area contributed by atoms with Crippen molar-refractivity contribution in [1.82, 2.24) is 9.88 Å². The maximum Gasteiger partial charge on any atom is 0.268 e. The van der Waals surface area contributed by atoms with Crippen LogP contribution in [0.5, 0.6) is 0 Å². The van der Waals surface area contributed by atoms with Crippen LogP contribution in [0.1, 0.15) is 54.6 Å². The van der Waals surface area contributed by atoms with Gasteiger partial charge in [0.2, 0.25) is 0 Å². The highest BCUT2D eigenvalue weighted by molar-refractivity contribution is 5.99. The van der Waals surface area contributed by atoms with Crippen molar-refractivity contribution in [3.05, 3.63) is 35.5 Å². The summed E-state index contributed by atoms with van der Waals surface area (Å²) in [4.78, 5) is 12.8. The van der Waals surface area contributed by atoms with Crippen LogP contribution in [0, 0.1) is 6.92 Å². The predicted molar refractivity (Wildman–Crippen MR) is 92.6 cm³/mol. The number of amides is 1. The van der Waals surface area contributed by atoms with Crippen molar-refractivity contribution >= 4 is 16.8 Å². The Kier molecular flexibility index (Phi) is 4.44. The minimum Gasteiger partial charge on any atom is -0.394 e. The van der Waals surface area contributed by atoms with E-state index in [2.05, 4.69) is 30.4 Å². The van der Waals surface area contributed by atoms with E-state index in [9.17, 15) is 9.90 Å². The van der Waals surface area contributed by atoms with Crippen molar-refractivity contribution in [3.8, 4) is 0 Å². The van der Waals surface area contributed by atoms with E-state index in [0.29, 0.717) is 5.69 Å². The molecule has 1 aromatic carbocycles. The Hall–Kier alpha value is -1.81. The van der Waals surface area contributed by atoms with Crippen LogP contribution in [0.2, 0.25) is 0 Å². The van der Waals surface area contributed by atoms with Gasteiger partial charge in [-0.3, -0.25) is 4.79 Å². The van der Waals surface area contributed by atoms with Gasteiger partial charge in [0.1, 0.15) is 5.69 Å². The highest BCUT2D eigenvalue weighted by Gasteiger charge is 2.32. The molecule has 4 heteroatoms. The summed E-state index contributed by atoms with van der Waals surface area (Å²) in [6.45, 7) is 2.07. The number of rotatable bonds is 3. The molecule has 1 fully saturated rings. The van der Waals surface area contributed by atoms with E-state index in [1.807, 2.05) is 17.7 Å². The van der Waals surface area contributed by atoms with Gasteiger partial charge in [-0.05, 0) is 37.5 Å². The lowest BCUT2D eigenvalue weighted by atomic mass is 9.91. The quantitative estimate of drug-likeness (QED) is 0.854. The normalized spacial score (nSPS) is 17.9. The minimum absolute atomic E-state index is 0.0157. The van der Waals surface area contributed by atoms with Gasteiger partial charge < -0.3 is 15.0 Å². The van der Waals surface area contributed by atoms with Gasteiger partial charge in [0, 0.05) is 18.0 Å². The smallest absolute Gasteiger partial charge is 0.268 e. The minimum atomic E-state index is -0.458. The highest BCUT2D eigenvalue weighted by atomic mass is 16.3. The molecule has 4 nitrogen and oxygen atoms in total. The first-order chi connectivity index (χ1) is 11.0. The number of carbonyl (C=O) groups is 1. The van der Waals surface area contributed by atoms with Crippen LogP contribution in [0.15, 0.2) is 24.3 Å². The van der Waals surface area contributed by atoms with Crippen molar-refractivity contribution in [1.29, 1.82) is 0 Å². The van der Waals surface area contributed by atoms with E-state index in [1.165, 1.54) is 18.4 Å². The number of hydrogen-bond donors (Lipinski definition) is 2. The molecule has 1 aliphatic carbocycles. The van der Waals surface area contributed by atoms with E-state index in [1.54, 1.807) is 0 Å². The molecule has 1 saturated carbocycles. The number of carbonyl (C=O) groups excluding carboxylic acids is 1. The van der Waals surface area contributed by atoms with Crippen molar-refractivity contribution in [2.45, 2.75) is 51.0 Å². The number of benzene rings is 1. The SMILES string of the molecule is Cc1ccc2cc(C(=O)NC3(CO)CCCCCC3)n(C)c2c1. The molecule has 0 unspecified atom stereocenters. The van der Waals surface area contributed by atoms with E-state index < -0.39 is 5.54 Å². The van der Waals surface area contributed by atoms with E-state index in [0.717, 1.165) is 36.6 Å². The molecule has 0 spiro atoms. The molecule has 2 N–H and O–H groups in total. The van der Waals surface area contributed by atoms with E-state index in [4.69, 9.17) is 0 Å². The highest BCUT2D eigenvalue weighted by Crippen LogP contribution is 2.28. The number of aryl methyl sites for hydroxylation is 2. The number of hydrogen-bond acceptors (Lipinski definition) is 2. The molecular formula is C19H26N2O2. The summed E-state index contributed by atoms with van der Waals surface area (Å²) < 4.78 is 1.94. The average Bonchev–Trinajstić information content (AvgIpc) is 2.73. The number of aromatic nitrogens is 1. The summed E-state index contributed by atoms with van der Waals surface area (Å²) in [5, 5.41) is 14.1. The largest absolute Gasteiger partial charge is 0.394 e. The summed E-state index contributed by atoms with van der Waals surface area (Å²) in [5.74, 6) is -0.0858. The molecule has 1 aliphatic rings. The Morgan fingerprint density at radius 1 is 1.22 bits per heavy atom. The van der Waals surface area contributed by atoms with Gasteiger partial charge in [0.15, 0.2) is 0 Å². The standard InChI is InChI=1S/C19H26N2O2/c1-14-7-8-15-12-17(21(2)16(15)11-14)18(23)20-19(13-22)9-5-3-4-6-10-19/h7-8,11-12,22H,3-6,9-10,13H2,1-2H3,(H,20,23). The van der Waals surface area contributed by atoms with Crippen LogP contribution >= 0.6 is 0 Å². The number of fused-ring (bicyclic) bond motifs is 1. The van der Waals surface area contributed by atoms with Crippen molar-refractivity contribution in [3.63, 3.8) is 0 Å². The summed E-state index contributed by atoms with van der Waals surface area (Å²) in [6, 6.07) is 8.14. The molecule has 2 aromatic rings. The second kappa shape index (κ2) is 6.36. The lowest BCUT2D eigenvalue weighted by Gasteiger charge is -2.32. The van der Waals surface area contributed by atoms with Gasteiger partial charge >= 0.3 is 0 Å². The van der Waals surface area contributed by atoms with Crippen LogP contribution in [0.4, 0.5) is 0 Å². The zero-order valence-corrected chi connectivity index (χ0v) is 14.1. The van der Waals surface area contributed by atoms with Crippen LogP contribution in [-0.4, -0.2) is 27.7 Å². The van der Waals surface area contributed by atoms with Crippen LogP contribution < -0.4 is 5.32 Å². The van der Waals surface area contributed by atoms with Crippen LogP contribution in [0.25, 0.3) is 10.9 Å². The fourth-order valence-corrected chi connectivity index (χ4v) is 3.69. The molecule has 0 radical (unpaired) electrons. The van der Waals surface area contributed by atoms with Gasteiger partial charge in [0.25, 0.3) is 5.91 Å². The zero-order valence-electron chi connectivity index (χ0n) is 14.1. The maximum atomic E-state index is 12.8. The predicted octanol–water partition coefficient (Wildman–Crippen LogP) is 3.30. The first-order valence-electron chi connectivity index (χ1n) is 8.54. The average molecular weight is 314 g/mol. The van der Waals surface area contributed by atoms with Gasteiger partial charge in [-0.25, -0.2) is 0 Å². The van der Waals surface area contributed by atoms with Gasteiger partial charge in [-0.1, -0.05) is 37.8 Å². The van der Waals surface area contributed by atoms with Crippen LogP contribution in [-0.2, 0) is 7.05 Å². The van der Waals surface area contributed by atoms with Gasteiger partial charge in [-0.15, -0.1) is 0 Å². The van der Waals surface area contributed by atoms with Gasteiger partial charge in [-0.2, -0.15) is 0 Å². The molecule has 0 bridgehead atoms. The maximum absolute atomic E-state index is 12.8. The van der Waals surface area contributed by atoms with Crippen molar-refractivity contribution in [2.75, 3.05) is 6.61 Å². The molecule has 1 aromatic heterocycles. The third kappa shape index (κ3) is 3.13.